The summed E-state index contributed by atoms with van der Waals surface area (Å²) in [5, 5.41) is 3.42. The number of piperidine rings is 1. The maximum Gasteiger partial charge on any atom is 0.194 e. The molecular weight excluding hydrogens is 270 g/mol. The summed E-state index contributed by atoms with van der Waals surface area (Å²) in [6.45, 7) is 2.07. The smallest absolute Gasteiger partial charge is 0.194 e. The van der Waals surface area contributed by atoms with Crippen molar-refractivity contribution in [1.82, 2.24) is 5.32 Å². The lowest BCUT2D eigenvalue weighted by Crippen LogP contribution is -2.28. The van der Waals surface area contributed by atoms with Crippen LogP contribution in [-0.4, -0.2) is 18.9 Å². The SMILES string of the molecule is O=C1C(c2ccccc2)=C(C2CCNCC2)c2ccccc21. The van der Waals surface area contributed by atoms with Gasteiger partial charge in [0, 0.05) is 11.1 Å². The molecule has 2 aromatic carbocycles. The molecule has 0 radical (unpaired) electrons. The van der Waals surface area contributed by atoms with Gasteiger partial charge in [0.25, 0.3) is 0 Å². The highest BCUT2D eigenvalue weighted by atomic mass is 16.1. The highest BCUT2D eigenvalue weighted by Gasteiger charge is 2.34. The van der Waals surface area contributed by atoms with Crippen LogP contribution in [0.5, 0.6) is 0 Å². The number of rotatable bonds is 2. The van der Waals surface area contributed by atoms with Crippen LogP contribution < -0.4 is 5.32 Å². The fourth-order valence-corrected chi connectivity index (χ4v) is 3.73. The van der Waals surface area contributed by atoms with E-state index in [1.54, 1.807) is 0 Å². The summed E-state index contributed by atoms with van der Waals surface area (Å²) < 4.78 is 0. The van der Waals surface area contributed by atoms with Crippen LogP contribution in [0.3, 0.4) is 0 Å². The second-order valence-corrected chi connectivity index (χ2v) is 6.05. The van der Waals surface area contributed by atoms with Crippen molar-refractivity contribution in [2.45, 2.75) is 12.8 Å². The minimum absolute atomic E-state index is 0.190. The van der Waals surface area contributed by atoms with Gasteiger partial charge in [-0.2, -0.15) is 0 Å². The minimum Gasteiger partial charge on any atom is -0.317 e. The minimum atomic E-state index is 0.190. The van der Waals surface area contributed by atoms with Gasteiger partial charge in [-0.25, -0.2) is 0 Å². The first-order valence-corrected chi connectivity index (χ1v) is 8.00. The van der Waals surface area contributed by atoms with Gasteiger partial charge in [-0.1, -0.05) is 54.6 Å². The number of benzene rings is 2. The van der Waals surface area contributed by atoms with E-state index in [-0.39, 0.29) is 5.78 Å². The van der Waals surface area contributed by atoms with Crippen LogP contribution in [0.15, 0.2) is 54.6 Å². The van der Waals surface area contributed by atoms with Crippen molar-refractivity contribution in [3.63, 3.8) is 0 Å². The summed E-state index contributed by atoms with van der Waals surface area (Å²) in [5.41, 5.74) is 5.27. The van der Waals surface area contributed by atoms with Gasteiger partial charge in [0.2, 0.25) is 0 Å². The van der Waals surface area contributed by atoms with Gasteiger partial charge >= 0.3 is 0 Å². The summed E-state index contributed by atoms with van der Waals surface area (Å²) in [7, 11) is 0. The summed E-state index contributed by atoms with van der Waals surface area (Å²) >= 11 is 0. The number of nitrogens with one attached hydrogen (secondary N) is 1. The van der Waals surface area contributed by atoms with Crippen molar-refractivity contribution in [1.29, 1.82) is 0 Å². The van der Waals surface area contributed by atoms with Gasteiger partial charge < -0.3 is 5.32 Å². The maximum absolute atomic E-state index is 13.0. The first-order chi connectivity index (χ1) is 10.9. The lowest BCUT2D eigenvalue weighted by molar-refractivity contribution is 0.105. The van der Waals surface area contributed by atoms with Gasteiger partial charge in [0.05, 0.1) is 0 Å². The molecule has 0 bridgehead atoms. The Kier molecular flexibility index (Phi) is 3.39. The molecule has 2 nitrogen and oxygen atoms in total. The molecule has 0 amide bonds. The lowest BCUT2D eigenvalue weighted by atomic mass is 9.84. The summed E-state index contributed by atoms with van der Waals surface area (Å²) in [5.74, 6) is 0.666. The van der Waals surface area contributed by atoms with Crippen LogP contribution in [0.1, 0.15) is 34.3 Å². The molecule has 0 spiro atoms. The van der Waals surface area contributed by atoms with Gasteiger partial charge in [0.1, 0.15) is 0 Å². The number of hydrogen-bond acceptors (Lipinski definition) is 2. The van der Waals surface area contributed by atoms with Crippen LogP contribution in [0.4, 0.5) is 0 Å². The largest absolute Gasteiger partial charge is 0.317 e. The second kappa shape index (κ2) is 5.54. The molecule has 0 saturated carbocycles. The zero-order valence-corrected chi connectivity index (χ0v) is 12.5. The average Bonchev–Trinajstić information content (AvgIpc) is 2.90. The van der Waals surface area contributed by atoms with Gasteiger partial charge in [-0.15, -0.1) is 0 Å². The molecule has 2 heteroatoms. The van der Waals surface area contributed by atoms with E-state index in [1.807, 2.05) is 36.4 Å². The molecule has 2 aromatic rings. The number of Topliss-reactive ketones (excluding diaryl/α,β-unsaturated/α-hetero) is 1. The third kappa shape index (κ3) is 2.11. The normalized spacial score (nSPS) is 18.6. The molecule has 2 aliphatic rings. The Hall–Kier alpha value is -2.19. The van der Waals surface area contributed by atoms with E-state index >= 15 is 0 Å². The summed E-state index contributed by atoms with van der Waals surface area (Å²) in [4.78, 5) is 13.0. The standard InChI is InChI=1S/C20H19NO/c22-20-17-9-5-4-8-16(17)18(15-10-12-21-13-11-15)19(20)14-6-2-1-3-7-14/h1-9,15,21H,10-13H2. The number of carbonyl (C=O) groups excluding carboxylic acids is 1. The molecule has 1 aliphatic carbocycles. The van der Waals surface area contributed by atoms with Crippen LogP contribution in [0, 0.1) is 5.92 Å². The predicted octanol–water partition coefficient (Wildman–Crippen LogP) is 3.79. The highest BCUT2D eigenvalue weighted by molar-refractivity contribution is 6.40. The molecule has 0 aromatic heterocycles. The van der Waals surface area contributed by atoms with Crippen molar-refractivity contribution in [2.75, 3.05) is 13.1 Å². The second-order valence-electron chi connectivity index (χ2n) is 6.05. The number of hydrogen-bond donors (Lipinski definition) is 1. The molecule has 1 fully saturated rings. The molecule has 1 heterocycles. The number of fused-ring (bicyclic) bond motifs is 1. The molecule has 0 atom stereocenters. The summed E-state index contributed by atoms with van der Waals surface area (Å²) in [6, 6.07) is 18.2. The van der Waals surface area contributed by atoms with Crippen molar-refractivity contribution >= 4 is 16.9 Å². The molecule has 1 saturated heterocycles. The Morgan fingerprint density at radius 3 is 2.18 bits per heavy atom. The zero-order chi connectivity index (χ0) is 14.9. The van der Waals surface area contributed by atoms with E-state index in [4.69, 9.17) is 0 Å². The number of allylic oxidation sites excluding steroid dienone is 2. The van der Waals surface area contributed by atoms with Crippen molar-refractivity contribution in [2.24, 2.45) is 5.92 Å². The first kappa shape index (κ1) is 13.5. The van der Waals surface area contributed by atoms with E-state index < -0.39 is 0 Å². The Balaban J connectivity index is 1.91. The van der Waals surface area contributed by atoms with E-state index in [9.17, 15) is 4.79 Å². The topological polar surface area (TPSA) is 29.1 Å². The van der Waals surface area contributed by atoms with Gasteiger partial charge in [-0.05, 0) is 48.5 Å². The Labute approximate surface area is 130 Å². The van der Waals surface area contributed by atoms with Crippen LogP contribution in [-0.2, 0) is 0 Å². The molecular formula is C20H19NO. The number of carbonyl (C=O) groups is 1. The first-order valence-electron chi connectivity index (χ1n) is 8.00. The maximum atomic E-state index is 13.0. The molecule has 0 unspecified atom stereocenters. The van der Waals surface area contributed by atoms with E-state index in [0.29, 0.717) is 5.92 Å². The lowest BCUT2D eigenvalue weighted by Gasteiger charge is -2.25. The van der Waals surface area contributed by atoms with Gasteiger partial charge in [-0.3, -0.25) is 4.79 Å². The van der Waals surface area contributed by atoms with E-state index in [0.717, 1.165) is 48.2 Å². The van der Waals surface area contributed by atoms with Crippen molar-refractivity contribution in [3.8, 4) is 0 Å². The molecule has 22 heavy (non-hydrogen) atoms. The third-order valence-corrected chi connectivity index (χ3v) is 4.77. The molecule has 1 N–H and O–H groups in total. The van der Waals surface area contributed by atoms with Crippen LogP contribution in [0.2, 0.25) is 0 Å². The summed E-state index contributed by atoms with van der Waals surface area (Å²) in [6.07, 6.45) is 2.21. The van der Waals surface area contributed by atoms with Gasteiger partial charge in [0.15, 0.2) is 5.78 Å². The van der Waals surface area contributed by atoms with E-state index in [1.165, 1.54) is 5.57 Å². The number of ketones is 1. The van der Waals surface area contributed by atoms with Crippen molar-refractivity contribution in [3.05, 3.63) is 71.3 Å². The quantitative estimate of drug-likeness (QED) is 0.911. The zero-order valence-electron chi connectivity index (χ0n) is 12.5. The van der Waals surface area contributed by atoms with Crippen LogP contribution >= 0.6 is 0 Å². The molecule has 1 aliphatic heterocycles. The van der Waals surface area contributed by atoms with Crippen molar-refractivity contribution < 1.29 is 4.79 Å². The molecule has 4 rings (SSSR count). The Morgan fingerprint density at radius 1 is 0.818 bits per heavy atom. The van der Waals surface area contributed by atoms with Crippen LogP contribution in [0.25, 0.3) is 11.1 Å². The fraction of sp³-hybridized carbons (Fsp3) is 0.250. The Bertz CT molecular complexity index is 739. The van der Waals surface area contributed by atoms with E-state index in [2.05, 4.69) is 23.5 Å². The molecule has 110 valence electrons. The fourth-order valence-electron chi connectivity index (χ4n) is 3.73. The predicted molar refractivity (Wildman–Crippen MR) is 89.6 cm³/mol. The Morgan fingerprint density at radius 2 is 1.45 bits per heavy atom. The third-order valence-electron chi connectivity index (χ3n) is 4.77. The highest BCUT2D eigenvalue weighted by Crippen LogP contribution is 2.44. The monoisotopic (exact) mass is 289 g/mol. The average molecular weight is 289 g/mol.